The quantitative estimate of drug-likeness (QED) is 0.577. The van der Waals surface area contributed by atoms with Crippen LogP contribution >= 0.6 is 43.2 Å². The number of hydrogen-bond acceptors (Lipinski definition) is 2. The van der Waals surface area contributed by atoms with Crippen LogP contribution in [-0.4, -0.2) is 6.54 Å². The molecular formula is C17H21Br2NS. The van der Waals surface area contributed by atoms with E-state index in [-0.39, 0.29) is 0 Å². The van der Waals surface area contributed by atoms with Crippen LogP contribution in [0.4, 0.5) is 0 Å². The van der Waals surface area contributed by atoms with Gasteiger partial charge in [-0.25, -0.2) is 0 Å². The third-order valence-corrected chi connectivity index (χ3v) is 6.74. The summed E-state index contributed by atoms with van der Waals surface area (Å²) in [6, 6.07) is 9.43. The maximum Gasteiger partial charge on any atom is 0.0843 e. The maximum absolute atomic E-state index is 3.68. The van der Waals surface area contributed by atoms with Gasteiger partial charge in [-0.05, 0) is 76.7 Å². The fourth-order valence-electron chi connectivity index (χ4n) is 2.55. The van der Waals surface area contributed by atoms with Crippen molar-refractivity contribution >= 4 is 43.2 Å². The Kier molecular flexibility index (Phi) is 6.48. The molecule has 0 bridgehead atoms. The molecule has 0 saturated heterocycles. The van der Waals surface area contributed by atoms with Gasteiger partial charge in [0.05, 0.1) is 3.79 Å². The lowest BCUT2D eigenvalue weighted by atomic mass is 10.0. The van der Waals surface area contributed by atoms with Crippen LogP contribution in [0.25, 0.3) is 0 Å². The van der Waals surface area contributed by atoms with Crippen molar-refractivity contribution in [2.45, 2.75) is 39.7 Å². The van der Waals surface area contributed by atoms with E-state index in [0.29, 0.717) is 6.04 Å². The van der Waals surface area contributed by atoms with Gasteiger partial charge in [-0.1, -0.05) is 36.2 Å². The van der Waals surface area contributed by atoms with Crippen molar-refractivity contribution in [3.63, 3.8) is 0 Å². The number of hydrogen-bond donors (Lipinski definition) is 1. The molecule has 0 spiro atoms. The molecule has 114 valence electrons. The van der Waals surface area contributed by atoms with Crippen molar-refractivity contribution in [2.24, 2.45) is 0 Å². The Bertz CT molecular complexity index is 567. The molecule has 0 amide bonds. The van der Waals surface area contributed by atoms with Crippen molar-refractivity contribution in [1.82, 2.24) is 5.32 Å². The Morgan fingerprint density at radius 3 is 2.29 bits per heavy atom. The Hall–Kier alpha value is -0.160. The number of nitrogens with one attached hydrogen (secondary N) is 1. The minimum Gasteiger partial charge on any atom is -0.309 e. The van der Waals surface area contributed by atoms with Crippen LogP contribution in [0.3, 0.4) is 0 Å². The molecule has 0 fully saturated rings. The van der Waals surface area contributed by atoms with Gasteiger partial charge in [0.1, 0.15) is 0 Å². The van der Waals surface area contributed by atoms with Crippen LogP contribution < -0.4 is 5.32 Å². The summed E-state index contributed by atoms with van der Waals surface area (Å²) in [5.74, 6) is 0. The first-order chi connectivity index (χ1) is 9.99. The molecule has 1 N–H and O–H groups in total. The zero-order valence-corrected chi connectivity index (χ0v) is 16.7. The predicted octanol–water partition coefficient (Wildman–Crippen LogP) is 6.17. The van der Waals surface area contributed by atoms with Gasteiger partial charge in [-0.15, -0.1) is 11.3 Å². The molecule has 0 aliphatic carbocycles. The topological polar surface area (TPSA) is 12.0 Å². The largest absolute Gasteiger partial charge is 0.309 e. The van der Waals surface area contributed by atoms with Crippen LogP contribution in [0.1, 0.15) is 41.0 Å². The molecular weight excluding hydrogens is 410 g/mol. The molecule has 1 unspecified atom stereocenters. The summed E-state index contributed by atoms with van der Waals surface area (Å²) in [5.41, 5.74) is 4.09. The Labute approximate surface area is 148 Å². The van der Waals surface area contributed by atoms with Gasteiger partial charge in [0.15, 0.2) is 0 Å². The smallest absolute Gasteiger partial charge is 0.0843 e. The summed E-state index contributed by atoms with van der Waals surface area (Å²) >= 11 is 9.01. The highest BCUT2D eigenvalue weighted by Crippen LogP contribution is 2.36. The number of rotatable bonds is 6. The number of aryl methyl sites for hydroxylation is 2. The molecule has 0 radical (unpaired) electrons. The lowest BCUT2D eigenvalue weighted by Gasteiger charge is -2.18. The molecule has 1 atom stereocenters. The van der Waals surface area contributed by atoms with Gasteiger partial charge in [0, 0.05) is 15.4 Å². The fraction of sp³-hybridized carbons (Fsp3) is 0.412. The highest BCUT2D eigenvalue weighted by atomic mass is 79.9. The predicted molar refractivity (Wildman–Crippen MR) is 100 cm³/mol. The molecule has 1 aromatic heterocycles. The van der Waals surface area contributed by atoms with Crippen LogP contribution in [0, 0.1) is 13.8 Å². The van der Waals surface area contributed by atoms with Crippen molar-refractivity contribution < 1.29 is 0 Å². The highest BCUT2D eigenvalue weighted by molar-refractivity contribution is 9.13. The minimum absolute atomic E-state index is 0.374. The summed E-state index contributed by atoms with van der Waals surface area (Å²) in [6.07, 6.45) is 2.18. The standard InChI is InChI=1S/C17H21Br2NS/c1-4-5-20-15(16-10-14(18)17(19)21-16)9-13-7-11(2)6-12(3)8-13/h6-8,10,15,20H,4-5,9H2,1-3H3. The van der Waals surface area contributed by atoms with E-state index in [1.54, 1.807) is 0 Å². The third kappa shape index (κ3) is 4.92. The lowest BCUT2D eigenvalue weighted by molar-refractivity contribution is 0.536. The van der Waals surface area contributed by atoms with E-state index in [0.717, 1.165) is 23.9 Å². The molecule has 0 saturated carbocycles. The summed E-state index contributed by atoms with van der Waals surface area (Å²) in [5, 5.41) is 3.68. The molecule has 2 rings (SSSR count). The number of thiophene rings is 1. The minimum atomic E-state index is 0.374. The summed E-state index contributed by atoms with van der Waals surface area (Å²) in [6.45, 7) is 7.59. The normalized spacial score (nSPS) is 12.6. The zero-order chi connectivity index (χ0) is 15.4. The Balaban J connectivity index is 2.23. The molecule has 1 heterocycles. The van der Waals surface area contributed by atoms with Crippen LogP contribution in [0.2, 0.25) is 0 Å². The second kappa shape index (κ2) is 7.91. The average Bonchev–Trinajstić information content (AvgIpc) is 2.73. The molecule has 1 nitrogen and oxygen atoms in total. The second-order valence-corrected chi connectivity index (χ2v) is 8.73. The van der Waals surface area contributed by atoms with Crippen molar-refractivity contribution in [3.8, 4) is 0 Å². The van der Waals surface area contributed by atoms with E-state index in [2.05, 4.69) is 82.2 Å². The Morgan fingerprint density at radius 1 is 1.10 bits per heavy atom. The van der Waals surface area contributed by atoms with E-state index in [1.165, 1.54) is 25.4 Å². The molecule has 0 aliphatic rings. The van der Waals surface area contributed by atoms with Crippen molar-refractivity contribution in [2.75, 3.05) is 6.54 Å². The second-order valence-electron chi connectivity index (χ2n) is 5.48. The lowest BCUT2D eigenvalue weighted by Crippen LogP contribution is -2.23. The van der Waals surface area contributed by atoms with Gasteiger partial charge in [0.25, 0.3) is 0 Å². The number of benzene rings is 1. The molecule has 4 heteroatoms. The van der Waals surface area contributed by atoms with Crippen molar-refractivity contribution in [3.05, 3.63) is 54.1 Å². The summed E-state index contributed by atoms with van der Waals surface area (Å²) in [4.78, 5) is 1.38. The average molecular weight is 431 g/mol. The molecule has 21 heavy (non-hydrogen) atoms. The maximum atomic E-state index is 3.68. The van der Waals surface area contributed by atoms with Crippen molar-refractivity contribution in [1.29, 1.82) is 0 Å². The van der Waals surface area contributed by atoms with Gasteiger partial charge >= 0.3 is 0 Å². The Morgan fingerprint density at radius 2 is 1.76 bits per heavy atom. The zero-order valence-electron chi connectivity index (χ0n) is 12.7. The van der Waals surface area contributed by atoms with Gasteiger partial charge < -0.3 is 5.32 Å². The first-order valence-corrected chi connectivity index (χ1v) is 9.65. The van der Waals surface area contributed by atoms with Gasteiger partial charge in [0.2, 0.25) is 0 Å². The van der Waals surface area contributed by atoms with Crippen LogP contribution in [0.5, 0.6) is 0 Å². The number of halogens is 2. The summed E-state index contributed by atoms with van der Waals surface area (Å²) in [7, 11) is 0. The van der Waals surface area contributed by atoms with E-state index in [4.69, 9.17) is 0 Å². The van der Waals surface area contributed by atoms with Gasteiger partial charge in [-0.2, -0.15) is 0 Å². The molecule has 1 aromatic carbocycles. The van der Waals surface area contributed by atoms with Gasteiger partial charge in [-0.3, -0.25) is 0 Å². The van der Waals surface area contributed by atoms with E-state index in [9.17, 15) is 0 Å². The van der Waals surface area contributed by atoms with E-state index in [1.807, 2.05) is 11.3 Å². The first-order valence-electron chi connectivity index (χ1n) is 7.25. The molecule has 2 aromatic rings. The van der Waals surface area contributed by atoms with Crippen LogP contribution in [-0.2, 0) is 6.42 Å². The molecule has 0 aliphatic heterocycles. The van der Waals surface area contributed by atoms with E-state index < -0.39 is 0 Å². The first kappa shape index (κ1) is 17.2. The SMILES string of the molecule is CCCNC(Cc1cc(C)cc(C)c1)c1cc(Br)c(Br)s1. The summed E-state index contributed by atoms with van der Waals surface area (Å²) < 4.78 is 2.31. The third-order valence-electron chi connectivity index (χ3n) is 3.37. The highest BCUT2D eigenvalue weighted by Gasteiger charge is 2.16. The fourth-order valence-corrected chi connectivity index (χ4v) is 4.71. The van der Waals surface area contributed by atoms with Crippen LogP contribution in [0.15, 0.2) is 32.5 Å². The van der Waals surface area contributed by atoms with E-state index >= 15 is 0 Å². The monoisotopic (exact) mass is 429 g/mol.